The van der Waals surface area contributed by atoms with Crippen LogP contribution in [0.2, 0.25) is 0 Å². The fraction of sp³-hybridized carbons (Fsp3) is 0.438. The van der Waals surface area contributed by atoms with E-state index in [1.807, 2.05) is 0 Å². The molecule has 5 rings (SSSR count). The fourth-order valence-electron chi connectivity index (χ4n) is 3.54. The SMILES string of the molecule is [2H]C1=C([2H])C2([2H])C3([2H])C(C(=O)OC)=CC3([2H])C1([2H])C1(C#N)C(=O)NC(=O)C21C#N. The zero-order valence-corrected chi connectivity index (χ0v) is 11.6. The number of methoxy groups -OCH3 is 1. The number of esters is 1. The highest BCUT2D eigenvalue weighted by molar-refractivity contribution is 6.14. The molecule has 2 amide bonds. The molecule has 23 heavy (non-hydrogen) atoms. The van der Waals surface area contributed by atoms with Crippen molar-refractivity contribution >= 4 is 17.8 Å². The van der Waals surface area contributed by atoms with E-state index < -0.39 is 69.9 Å². The van der Waals surface area contributed by atoms with Gasteiger partial charge in [0, 0.05) is 28.7 Å². The second-order valence-corrected chi connectivity index (χ2v) is 5.35. The van der Waals surface area contributed by atoms with E-state index in [0.717, 1.165) is 13.2 Å². The molecule has 0 aromatic heterocycles. The number of imide groups is 1. The van der Waals surface area contributed by atoms with Crippen molar-refractivity contribution in [1.29, 1.82) is 10.5 Å². The van der Waals surface area contributed by atoms with Crippen LogP contribution < -0.4 is 5.32 Å². The van der Waals surface area contributed by atoms with Gasteiger partial charge in [-0.05, 0) is 5.89 Å². The number of carbonyl (C=O) groups excluding carboxylic acids is 3. The summed E-state index contributed by atoms with van der Waals surface area (Å²) in [6.45, 7) is 0. The normalized spacial score (nSPS) is 62.3. The van der Waals surface area contributed by atoms with Gasteiger partial charge in [-0.25, -0.2) is 4.79 Å². The molecule has 5 aliphatic rings. The first-order valence-corrected chi connectivity index (χ1v) is 6.50. The largest absolute Gasteiger partial charge is 0.466 e. The van der Waals surface area contributed by atoms with Crippen LogP contribution in [0.3, 0.4) is 0 Å². The van der Waals surface area contributed by atoms with Gasteiger partial charge in [0.15, 0.2) is 10.8 Å². The minimum atomic E-state index is -3.19. The molecular weight excluding hydrogens is 298 g/mol. The third kappa shape index (κ3) is 1.10. The molecule has 6 unspecified atom stereocenters. The predicted molar refractivity (Wildman–Crippen MR) is 72.4 cm³/mol. The van der Waals surface area contributed by atoms with E-state index >= 15 is 0 Å². The lowest BCUT2D eigenvalue weighted by atomic mass is 9.38. The molecule has 4 aliphatic carbocycles. The van der Waals surface area contributed by atoms with Gasteiger partial charge in [0.25, 0.3) is 0 Å². The predicted octanol–water partition coefficient (Wildman–Crippen LogP) is -0.176. The van der Waals surface area contributed by atoms with Crippen LogP contribution in [0.15, 0.2) is 23.8 Å². The number of nitrogens with one attached hydrogen (secondary N) is 1. The summed E-state index contributed by atoms with van der Waals surface area (Å²) in [5.41, 5.74) is -6.83. The Morgan fingerprint density at radius 3 is 2.43 bits per heavy atom. The number of nitrogens with zero attached hydrogens (tertiary/aromatic N) is 2. The summed E-state index contributed by atoms with van der Waals surface area (Å²) in [5, 5.41) is 21.7. The molecule has 0 aromatic carbocycles. The first-order chi connectivity index (χ1) is 13.3. The Hall–Kier alpha value is -2.93. The molecule has 1 saturated carbocycles. The third-order valence-electron chi connectivity index (χ3n) is 4.62. The van der Waals surface area contributed by atoms with Crippen molar-refractivity contribution in [3.05, 3.63) is 23.8 Å². The molecule has 0 aromatic rings. The van der Waals surface area contributed by atoms with Crippen molar-refractivity contribution in [2.75, 3.05) is 7.11 Å². The number of allylic oxidation sites excluding steroid dienone is 3. The van der Waals surface area contributed by atoms with Crippen LogP contribution in [0, 0.1) is 57.1 Å². The topological polar surface area (TPSA) is 120 Å². The average Bonchev–Trinajstić information content (AvgIpc) is 2.93. The first kappa shape index (κ1) is 8.64. The van der Waals surface area contributed by atoms with Crippen LogP contribution in [-0.2, 0) is 19.1 Å². The summed E-state index contributed by atoms with van der Waals surface area (Å²) >= 11 is 0. The summed E-state index contributed by atoms with van der Waals surface area (Å²) < 4.78 is 56.6. The van der Waals surface area contributed by atoms with Gasteiger partial charge < -0.3 is 4.74 Å². The van der Waals surface area contributed by atoms with Crippen LogP contribution >= 0.6 is 0 Å². The number of ether oxygens (including phenoxy) is 1. The molecule has 1 aliphatic heterocycles. The van der Waals surface area contributed by atoms with E-state index in [1.165, 1.54) is 12.1 Å². The highest BCUT2D eigenvalue weighted by Gasteiger charge is 2.80. The molecule has 0 radical (unpaired) electrons. The highest BCUT2D eigenvalue weighted by Crippen LogP contribution is 2.70. The lowest BCUT2D eigenvalue weighted by Gasteiger charge is -2.59. The van der Waals surface area contributed by atoms with Crippen molar-refractivity contribution in [1.82, 2.24) is 5.32 Å². The minimum absolute atomic E-state index is 0.660. The van der Waals surface area contributed by atoms with Crippen molar-refractivity contribution in [3.8, 4) is 12.1 Å². The molecule has 114 valence electrons. The number of amides is 2. The Morgan fingerprint density at radius 2 is 1.87 bits per heavy atom. The summed E-state index contributed by atoms with van der Waals surface area (Å²) in [7, 11) is 0.948. The molecule has 7 nitrogen and oxygen atoms in total. The monoisotopic (exact) mass is 315 g/mol. The minimum Gasteiger partial charge on any atom is -0.466 e. The molecule has 6 atom stereocenters. The molecule has 2 fully saturated rings. The number of hydrogen-bond donors (Lipinski definition) is 1. The fourth-order valence-corrected chi connectivity index (χ4v) is 3.54. The maximum Gasteiger partial charge on any atom is 0.333 e. The second-order valence-electron chi connectivity index (χ2n) is 5.35. The van der Waals surface area contributed by atoms with Crippen LogP contribution in [0.5, 0.6) is 0 Å². The maximum atomic E-state index is 12.8. The van der Waals surface area contributed by atoms with Gasteiger partial charge in [0.2, 0.25) is 11.8 Å². The van der Waals surface area contributed by atoms with Crippen molar-refractivity contribution < 1.29 is 27.3 Å². The molecule has 2 bridgehead atoms. The van der Waals surface area contributed by atoms with E-state index in [9.17, 15) is 24.9 Å². The van der Waals surface area contributed by atoms with Crippen molar-refractivity contribution in [2.24, 2.45) is 34.4 Å². The Labute approximate surface area is 139 Å². The van der Waals surface area contributed by atoms with E-state index in [1.54, 1.807) is 5.32 Å². The second kappa shape index (κ2) is 3.88. The summed E-state index contributed by atoms with van der Waals surface area (Å²) in [4.78, 5) is 37.8. The third-order valence-corrected chi connectivity index (χ3v) is 4.62. The molecule has 1 heterocycles. The van der Waals surface area contributed by atoms with Crippen LogP contribution in [0.25, 0.3) is 0 Å². The summed E-state index contributed by atoms with van der Waals surface area (Å²) in [6, 6.07) is 0.593. The maximum absolute atomic E-state index is 12.8. The summed E-state index contributed by atoms with van der Waals surface area (Å²) in [6.07, 6.45) is 0.736. The lowest BCUT2D eigenvalue weighted by molar-refractivity contribution is -0.148. The zero-order valence-electron chi connectivity index (χ0n) is 17.6. The summed E-state index contributed by atoms with van der Waals surface area (Å²) in [5.74, 6) is -16.1. The standard InChI is InChI=1S/C16H11N3O4/c1-23-12(20)8-4-7-9-2-3-10(11(7)8)16(6-18)14(22)19-13(21)15(9,16)5-17/h2-4,7,9-11H,1H3,(H,19,21,22)/i2D,3D,7D,9D,10D,11D. The van der Waals surface area contributed by atoms with E-state index in [0.29, 0.717) is 0 Å². The van der Waals surface area contributed by atoms with Crippen LogP contribution in [-0.4, -0.2) is 24.9 Å². The van der Waals surface area contributed by atoms with Gasteiger partial charge >= 0.3 is 5.97 Å². The van der Waals surface area contributed by atoms with Gasteiger partial charge in [0.05, 0.1) is 22.0 Å². The van der Waals surface area contributed by atoms with Crippen molar-refractivity contribution in [2.45, 2.75) is 0 Å². The number of nitriles is 2. The van der Waals surface area contributed by atoms with Crippen LogP contribution in [0.4, 0.5) is 0 Å². The van der Waals surface area contributed by atoms with E-state index in [2.05, 4.69) is 4.74 Å². The van der Waals surface area contributed by atoms with E-state index in [-0.39, 0.29) is 0 Å². The Kier molecular flexibility index (Phi) is 1.46. The molecule has 1 saturated heterocycles. The Bertz CT molecular complexity index is 1120. The van der Waals surface area contributed by atoms with Gasteiger partial charge in [0.1, 0.15) is 0 Å². The zero-order chi connectivity index (χ0) is 22.0. The first-order valence-electron chi connectivity index (χ1n) is 9.50. The van der Waals surface area contributed by atoms with E-state index in [4.69, 9.17) is 8.22 Å². The van der Waals surface area contributed by atoms with Gasteiger partial charge in [-0.1, -0.05) is 18.2 Å². The van der Waals surface area contributed by atoms with Crippen LogP contribution in [0.1, 0.15) is 8.22 Å². The highest BCUT2D eigenvalue weighted by atomic mass is 16.5. The quantitative estimate of drug-likeness (QED) is 0.407. The smallest absolute Gasteiger partial charge is 0.333 e. The van der Waals surface area contributed by atoms with Gasteiger partial charge in [-0.2, -0.15) is 10.5 Å². The molecule has 0 spiro atoms. The average molecular weight is 315 g/mol. The van der Waals surface area contributed by atoms with Gasteiger partial charge in [-0.15, -0.1) is 0 Å². The molecular formula is C16H11N3O4. The number of hydrogen-bond acceptors (Lipinski definition) is 6. The number of rotatable bonds is 1. The Balaban J connectivity index is 2.31. The molecule has 7 heteroatoms. The molecule has 1 N–H and O–H groups in total. The Morgan fingerprint density at radius 1 is 1.30 bits per heavy atom. The van der Waals surface area contributed by atoms with Gasteiger partial charge in [-0.3, -0.25) is 14.9 Å². The van der Waals surface area contributed by atoms with Crippen molar-refractivity contribution in [3.63, 3.8) is 0 Å². The number of carbonyl (C=O) groups is 3. The lowest BCUT2D eigenvalue weighted by Crippen LogP contribution is -2.65.